The number of hydrogen-bond acceptors (Lipinski definition) is 4. The van der Waals surface area contributed by atoms with Crippen molar-refractivity contribution in [3.8, 4) is 6.07 Å². The van der Waals surface area contributed by atoms with Crippen molar-refractivity contribution in [2.75, 3.05) is 17.2 Å². The minimum Gasteiger partial charge on any atom is -0.396 e. The van der Waals surface area contributed by atoms with Gasteiger partial charge in [0.1, 0.15) is 11.9 Å². The molecule has 1 saturated heterocycles. The zero-order valence-electron chi connectivity index (χ0n) is 10.9. The Morgan fingerprint density at radius 1 is 1.44 bits per heavy atom. The first-order valence-electron chi connectivity index (χ1n) is 6.69. The van der Waals surface area contributed by atoms with Gasteiger partial charge in [0.15, 0.2) is 5.69 Å². The number of anilines is 2. The fourth-order valence-corrected chi connectivity index (χ4v) is 2.61. The van der Waals surface area contributed by atoms with Crippen molar-refractivity contribution < 1.29 is 0 Å². The van der Waals surface area contributed by atoms with E-state index in [4.69, 9.17) is 11.0 Å². The summed E-state index contributed by atoms with van der Waals surface area (Å²) in [4.78, 5) is 6.73. The largest absolute Gasteiger partial charge is 0.396 e. The minimum absolute atomic E-state index is 0.339. The summed E-state index contributed by atoms with van der Waals surface area (Å²) in [6.07, 6.45) is 6.10. The van der Waals surface area contributed by atoms with Gasteiger partial charge in [-0.2, -0.15) is 5.26 Å². The zero-order valence-corrected chi connectivity index (χ0v) is 10.9. The molecule has 1 unspecified atom stereocenters. The van der Waals surface area contributed by atoms with E-state index < -0.39 is 0 Å². The molecule has 0 aromatic carbocycles. The normalized spacial score (nSPS) is 20.2. The molecule has 0 aliphatic carbocycles. The molecule has 1 aliphatic rings. The van der Waals surface area contributed by atoms with Gasteiger partial charge in [-0.3, -0.25) is 0 Å². The number of rotatable bonds is 2. The van der Waals surface area contributed by atoms with E-state index in [0.29, 0.717) is 17.4 Å². The van der Waals surface area contributed by atoms with Crippen molar-refractivity contribution in [2.24, 2.45) is 0 Å². The van der Waals surface area contributed by atoms with Crippen molar-refractivity contribution in [3.05, 3.63) is 17.8 Å². The molecule has 1 fully saturated rings. The van der Waals surface area contributed by atoms with Gasteiger partial charge in [-0.25, -0.2) is 4.98 Å². The third kappa shape index (κ3) is 2.56. The highest BCUT2D eigenvalue weighted by Gasteiger charge is 2.21. The van der Waals surface area contributed by atoms with E-state index in [1.54, 1.807) is 6.07 Å². The first-order valence-corrected chi connectivity index (χ1v) is 6.69. The van der Waals surface area contributed by atoms with Crippen LogP contribution < -0.4 is 10.6 Å². The number of nitrogens with two attached hydrogens (primary N) is 1. The molecule has 1 aromatic rings. The lowest BCUT2D eigenvalue weighted by Crippen LogP contribution is -2.35. The van der Waals surface area contributed by atoms with E-state index in [1.165, 1.54) is 25.7 Å². The van der Waals surface area contributed by atoms with Crippen molar-refractivity contribution in [1.82, 2.24) is 4.98 Å². The summed E-state index contributed by atoms with van der Waals surface area (Å²) < 4.78 is 0. The molecule has 0 amide bonds. The van der Waals surface area contributed by atoms with Crippen LogP contribution in [0.2, 0.25) is 0 Å². The summed E-state index contributed by atoms with van der Waals surface area (Å²) in [5.41, 5.74) is 6.53. The minimum atomic E-state index is 0.339. The standard InChI is InChI=1S/C14H20N4/c1-2-11-6-4-3-5-9-18(11)14-8-7-12(16)13(10-15)17-14/h7-8,11H,2-6,9,16H2,1H3. The number of aromatic nitrogens is 1. The summed E-state index contributed by atoms with van der Waals surface area (Å²) in [5.74, 6) is 0.898. The van der Waals surface area contributed by atoms with E-state index >= 15 is 0 Å². The number of hydrogen-bond donors (Lipinski definition) is 1. The maximum absolute atomic E-state index is 9.01. The molecular weight excluding hydrogens is 224 g/mol. The van der Waals surface area contributed by atoms with Gasteiger partial charge in [-0.05, 0) is 31.4 Å². The predicted molar refractivity (Wildman–Crippen MR) is 73.3 cm³/mol. The number of pyridine rings is 1. The topological polar surface area (TPSA) is 65.9 Å². The van der Waals surface area contributed by atoms with Gasteiger partial charge >= 0.3 is 0 Å². The molecule has 0 radical (unpaired) electrons. The highest BCUT2D eigenvalue weighted by molar-refractivity contribution is 5.55. The molecule has 1 aliphatic heterocycles. The molecular formula is C14H20N4. The van der Waals surface area contributed by atoms with Crippen molar-refractivity contribution in [3.63, 3.8) is 0 Å². The Kier molecular flexibility index (Phi) is 4.03. The second-order valence-corrected chi connectivity index (χ2v) is 4.82. The quantitative estimate of drug-likeness (QED) is 0.868. The Bertz CT molecular complexity index is 450. The van der Waals surface area contributed by atoms with Crippen LogP contribution in [0.15, 0.2) is 12.1 Å². The van der Waals surface area contributed by atoms with Gasteiger partial charge < -0.3 is 10.6 Å². The molecule has 18 heavy (non-hydrogen) atoms. The zero-order chi connectivity index (χ0) is 13.0. The molecule has 1 aromatic heterocycles. The van der Waals surface area contributed by atoms with E-state index in [9.17, 15) is 0 Å². The Morgan fingerprint density at radius 3 is 3.00 bits per heavy atom. The van der Waals surface area contributed by atoms with Crippen LogP contribution in [-0.4, -0.2) is 17.6 Å². The fourth-order valence-electron chi connectivity index (χ4n) is 2.61. The van der Waals surface area contributed by atoms with Crippen LogP contribution in [0.1, 0.15) is 44.7 Å². The average molecular weight is 244 g/mol. The lowest BCUT2D eigenvalue weighted by Gasteiger charge is -2.30. The monoisotopic (exact) mass is 244 g/mol. The van der Waals surface area contributed by atoms with Crippen LogP contribution in [0.25, 0.3) is 0 Å². The first-order chi connectivity index (χ1) is 8.76. The van der Waals surface area contributed by atoms with Crippen LogP contribution in [0.5, 0.6) is 0 Å². The molecule has 2 heterocycles. The highest BCUT2D eigenvalue weighted by atomic mass is 15.2. The predicted octanol–water partition coefficient (Wildman–Crippen LogP) is 2.69. The summed E-state index contributed by atoms with van der Waals surface area (Å²) in [6, 6.07) is 6.32. The number of nitrogens with zero attached hydrogens (tertiary/aromatic N) is 3. The lowest BCUT2D eigenvalue weighted by molar-refractivity contribution is 0.552. The third-order valence-corrected chi connectivity index (χ3v) is 3.66. The maximum atomic E-state index is 9.01. The van der Waals surface area contributed by atoms with E-state index in [2.05, 4.69) is 22.9 Å². The van der Waals surface area contributed by atoms with Gasteiger partial charge in [-0.1, -0.05) is 19.8 Å². The van der Waals surface area contributed by atoms with Crippen LogP contribution in [0.4, 0.5) is 11.5 Å². The number of nitrogen functional groups attached to an aromatic ring is 1. The van der Waals surface area contributed by atoms with Gasteiger partial charge in [0.2, 0.25) is 0 Å². The van der Waals surface area contributed by atoms with Crippen LogP contribution in [0, 0.1) is 11.3 Å². The van der Waals surface area contributed by atoms with Crippen molar-refractivity contribution >= 4 is 11.5 Å². The second kappa shape index (κ2) is 5.72. The smallest absolute Gasteiger partial charge is 0.165 e. The molecule has 0 spiro atoms. The van der Waals surface area contributed by atoms with Crippen LogP contribution in [-0.2, 0) is 0 Å². The molecule has 2 rings (SSSR count). The third-order valence-electron chi connectivity index (χ3n) is 3.66. The molecule has 0 bridgehead atoms. The van der Waals surface area contributed by atoms with Gasteiger partial charge in [0, 0.05) is 12.6 Å². The fraction of sp³-hybridized carbons (Fsp3) is 0.571. The summed E-state index contributed by atoms with van der Waals surface area (Å²) in [6.45, 7) is 3.24. The maximum Gasteiger partial charge on any atom is 0.165 e. The summed E-state index contributed by atoms with van der Waals surface area (Å²) >= 11 is 0. The van der Waals surface area contributed by atoms with Gasteiger partial charge in [0.25, 0.3) is 0 Å². The SMILES string of the molecule is CCC1CCCCCN1c1ccc(N)c(C#N)n1. The highest BCUT2D eigenvalue weighted by Crippen LogP contribution is 2.25. The van der Waals surface area contributed by atoms with Crippen LogP contribution in [0.3, 0.4) is 0 Å². The van der Waals surface area contributed by atoms with Crippen molar-refractivity contribution in [1.29, 1.82) is 5.26 Å². The van der Waals surface area contributed by atoms with E-state index in [0.717, 1.165) is 18.8 Å². The van der Waals surface area contributed by atoms with Gasteiger partial charge in [-0.15, -0.1) is 0 Å². The van der Waals surface area contributed by atoms with Crippen molar-refractivity contribution in [2.45, 2.75) is 45.1 Å². The summed E-state index contributed by atoms with van der Waals surface area (Å²) in [5, 5.41) is 9.01. The lowest BCUT2D eigenvalue weighted by atomic mass is 10.1. The van der Waals surface area contributed by atoms with E-state index in [1.807, 2.05) is 6.07 Å². The molecule has 96 valence electrons. The molecule has 1 atom stereocenters. The van der Waals surface area contributed by atoms with Crippen LogP contribution >= 0.6 is 0 Å². The molecule has 2 N–H and O–H groups in total. The summed E-state index contributed by atoms with van der Waals surface area (Å²) in [7, 11) is 0. The molecule has 4 nitrogen and oxygen atoms in total. The Balaban J connectivity index is 2.30. The number of nitriles is 1. The molecule has 4 heteroatoms. The first kappa shape index (κ1) is 12.7. The van der Waals surface area contributed by atoms with Gasteiger partial charge in [0.05, 0.1) is 5.69 Å². The average Bonchev–Trinajstić information content (AvgIpc) is 2.64. The Labute approximate surface area is 108 Å². The second-order valence-electron chi connectivity index (χ2n) is 4.82. The Morgan fingerprint density at radius 2 is 2.28 bits per heavy atom. The molecule has 0 saturated carbocycles. The Hall–Kier alpha value is -1.76. The van der Waals surface area contributed by atoms with E-state index in [-0.39, 0.29) is 0 Å².